The summed E-state index contributed by atoms with van der Waals surface area (Å²) in [7, 11) is 0. The number of para-hydroxylation sites is 1. The third-order valence-electron chi connectivity index (χ3n) is 4.88. The summed E-state index contributed by atoms with van der Waals surface area (Å²) in [6.07, 6.45) is 0. The van der Waals surface area contributed by atoms with Crippen LogP contribution in [0.25, 0.3) is 0 Å². The van der Waals surface area contributed by atoms with Crippen molar-refractivity contribution in [1.29, 1.82) is 0 Å². The topological polar surface area (TPSA) is 15.3 Å². The molecule has 0 unspecified atom stereocenters. The molecule has 0 amide bonds. The van der Waals surface area contributed by atoms with E-state index in [1.807, 2.05) is 12.1 Å². The molecule has 0 bridgehead atoms. The molecule has 3 aromatic carbocycles. The van der Waals surface area contributed by atoms with Crippen molar-refractivity contribution in [1.82, 2.24) is 4.90 Å². The van der Waals surface area contributed by atoms with Crippen LogP contribution in [0.5, 0.6) is 0 Å². The predicted octanol–water partition coefficient (Wildman–Crippen LogP) is 6.52. The zero-order chi connectivity index (χ0) is 19.9. The minimum Gasteiger partial charge on any atom is -0.340 e. The fourth-order valence-corrected chi connectivity index (χ4v) is 3.57. The molecular formula is C25H28N2S. The van der Waals surface area contributed by atoms with Gasteiger partial charge in [0.2, 0.25) is 0 Å². The number of anilines is 1. The highest BCUT2D eigenvalue weighted by Gasteiger charge is 2.15. The molecule has 0 heterocycles. The molecule has 0 spiro atoms. The van der Waals surface area contributed by atoms with Gasteiger partial charge in [-0.3, -0.25) is 0 Å². The second-order valence-electron chi connectivity index (χ2n) is 7.45. The van der Waals surface area contributed by atoms with Crippen molar-refractivity contribution >= 4 is 23.0 Å². The summed E-state index contributed by atoms with van der Waals surface area (Å²) in [5.74, 6) is 0.432. The van der Waals surface area contributed by atoms with Crippen LogP contribution in [0.3, 0.4) is 0 Å². The number of thiocarbonyl (C=S) groups is 1. The Morgan fingerprint density at radius 2 is 1.36 bits per heavy atom. The Labute approximate surface area is 174 Å². The maximum Gasteiger partial charge on any atom is 0.174 e. The quantitative estimate of drug-likeness (QED) is 0.484. The fourth-order valence-electron chi connectivity index (χ4n) is 3.34. The third-order valence-corrected chi connectivity index (χ3v) is 5.24. The molecule has 0 atom stereocenters. The Kier molecular flexibility index (Phi) is 6.83. The molecule has 28 heavy (non-hydrogen) atoms. The van der Waals surface area contributed by atoms with Gasteiger partial charge in [0.25, 0.3) is 0 Å². The first-order valence-corrected chi connectivity index (χ1v) is 10.2. The van der Waals surface area contributed by atoms with E-state index in [2.05, 4.69) is 97.7 Å². The lowest BCUT2D eigenvalue weighted by molar-refractivity contribution is 0.413. The molecule has 0 saturated heterocycles. The standard InChI is InChI=1S/C25H28N2S/c1-19(2)23-16-10-11-20(3)24(23)26-25(28)27(17-21-12-6-4-7-13-21)18-22-14-8-5-9-15-22/h4-16,19H,17-18H2,1-3H3,(H,26,28). The largest absolute Gasteiger partial charge is 0.340 e. The molecule has 0 aromatic heterocycles. The van der Waals surface area contributed by atoms with Gasteiger partial charge in [-0.25, -0.2) is 0 Å². The highest BCUT2D eigenvalue weighted by molar-refractivity contribution is 7.80. The van der Waals surface area contributed by atoms with Crippen LogP contribution in [0.4, 0.5) is 5.69 Å². The fraction of sp³-hybridized carbons (Fsp3) is 0.240. The van der Waals surface area contributed by atoms with E-state index in [1.165, 1.54) is 22.3 Å². The van der Waals surface area contributed by atoms with Crippen molar-refractivity contribution in [2.45, 2.75) is 39.8 Å². The van der Waals surface area contributed by atoms with Crippen LogP contribution in [0.1, 0.15) is 42.0 Å². The van der Waals surface area contributed by atoms with Crippen molar-refractivity contribution < 1.29 is 0 Å². The van der Waals surface area contributed by atoms with E-state index in [-0.39, 0.29) is 0 Å². The van der Waals surface area contributed by atoms with Gasteiger partial charge in [0.1, 0.15) is 0 Å². The zero-order valence-corrected chi connectivity index (χ0v) is 17.7. The number of hydrogen-bond acceptors (Lipinski definition) is 1. The summed E-state index contributed by atoms with van der Waals surface area (Å²) in [4.78, 5) is 2.23. The smallest absolute Gasteiger partial charge is 0.174 e. The van der Waals surface area contributed by atoms with Crippen LogP contribution in [0, 0.1) is 6.92 Å². The van der Waals surface area contributed by atoms with E-state index >= 15 is 0 Å². The SMILES string of the molecule is Cc1cccc(C(C)C)c1NC(=S)N(Cc1ccccc1)Cc1ccccc1. The van der Waals surface area contributed by atoms with E-state index in [0.717, 1.165) is 23.9 Å². The number of nitrogens with one attached hydrogen (secondary N) is 1. The normalized spacial score (nSPS) is 10.7. The van der Waals surface area contributed by atoms with Crippen LogP contribution in [-0.4, -0.2) is 10.0 Å². The maximum atomic E-state index is 5.88. The van der Waals surface area contributed by atoms with Crippen LogP contribution in [0.2, 0.25) is 0 Å². The van der Waals surface area contributed by atoms with Crippen molar-refractivity contribution in [2.75, 3.05) is 5.32 Å². The van der Waals surface area contributed by atoms with Gasteiger partial charge in [0.05, 0.1) is 0 Å². The number of aryl methyl sites for hydroxylation is 1. The molecule has 0 saturated carbocycles. The van der Waals surface area contributed by atoms with Crippen LogP contribution in [-0.2, 0) is 13.1 Å². The van der Waals surface area contributed by atoms with E-state index in [0.29, 0.717) is 5.92 Å². The number of hydrogen-bond donors (Lipinski definition) is 1. The lowest BCUT2D eigenvalue weighted by Gasteiger charge is -2.28. The van der Waals surface area contributed by atoms with Gasteiger partial charge in [0.15, 0.2) is 5.11 Å². The first kappa shape index (κ1) is 20.1. The van der Waals surface area contributed by atoms with Crippen molar-refractivity contribution in [2.24, 2.45) is 0 Å². The molecule has 2 nitrogen and oxygen atoms in total. The summed E-state index contributed by atoms with van der Waals surface area (Å²) in [5.41, 5.74) is 6.14. The Bertz CT molecular complexity index is 863. The Hall–Kier alpha value is -2.65. The number of nitrogens with zero attached hydrogens (tertiary/aromatic N) is 1. The lowest BCUT2D eigenvalue weighted by atomic mass is 9.98. The van der Waals surface area contributed by atoms with E-state index in [4.69, 9.17) is 12.2 Å². The van der Waals surface area contributed by atoms with E-state index in [9.17, 15) is 0 Å². The molecule has 0 fully saturated rings. The Morgan fingerprint density at radius 1 is 0.821 bits per heavy atom. The van der Waals surface area contributed by atoms with Crippen LogP contribution < -0.4 is 5.32 Å². The van der Waals surface area contributed by atoms with Crippen molar-refractivity contribution in [3.63, 3.8) is 0 Å². The van der Waals surface area contributed by atoms with E-state index in [1.54, 1.807) is 0 Å². The van der Waals surface area contributed by atoms with Gasteiger partial charge in [0, 0.05) is 18.8 Å². The summed E-state index contributed by atoms with van der Waals surface area (Å²) < 4.78 is 0. The average Bonchev–Trinajstić information content (AvgIpc) is 2.70. The number of benzene rings is 3. The van der Waals surface area contributed by atoms with Gasteiger partial charge in [-0.15, -0.1) is 0 Å². The second kappa shape index (κ2) is 9.52. The molecule has 0 radical (unpaired) electrons. The molecule has 3 heteroatoms. The molecule has 1 N–H and O–H groups in total. The number of rotatable bonds is 6. The van der Waals surface area contributed by atoms with Crippen molar-refractivity contribution in [3.8, 4) is 0 Å². The van der Waals surface area contributed by atoms with Gasteiger partial charge in [-0.05, 0) is 47.3 Å². The zero-order valence-electron chi connectivity index (χ0n) is 16.9. The molecular weight excluding hydrogens is 360 g/mol. The third kappa shape index (κ3) is 5.20. The van der Waals surface area contributed by atoms with Gasteiger partial charge < -0.3 is 10.2 Å². The van der Waals surface area contributed by atoms with Gasteiger partial charge in [-0.1, -0.05) is 92.7 Å². The van der Waals surface area contributed by atoms with Gasteiger partial charge in [-0.2, -0.15) is 0 Å². The Morgan fingerprint density at radius 3 is 1.86 bits per heavy atom. The highest BCUT2D eigenvalue weighted by Crippen LogP contribution is 2.28. The summed E-state index contributed by atoms with van der Waals surface area (Å²) in [5, 5.41) is 4.31. The summed E-state index contributed by atoms with van der Waals surface area (Å²) in [6, 6.07) is 27.4. The molecule has 0 aliphatic carbocycles. The molecule has 0 aliphatic heterocycles. The average molecular weight is 389 g/mol. The van der Waals surface area contributed by atoms with Crippen LogP contribution in [0.15, 0.2) is 78.9 Å². The van der Waals surface area contributed by atoms with E-state index < -0.39 is 0 Å². The minimum atomic E-state index is 0.432. The molecule has 3 aromatic rings. The molecule has 144 valence electrons. The van der Waals surface area contributed by atoms with Crippen LogP contribution >= 0.6 is 12.2 Å². The maximum absolute atomic E-state index is 5.88. The van der Waals surface area contributed by atoms with Crippen molar-refractivity contribution in [3.05, 3.63) is 101 Å². The first-order valence-electron chi connectivity index (χ1n) is 9.78. The van der Waals surface area contributed by atoms with Gasteiger partial charge >= 0.3 is 0 Å². The Balaban J connectivity index is 1.86. The second-order valence-corrected chi connectivity index (χ2v) is 7.84. The first-order chi connectivity index (χ1) is 13.5. The predicted molar refractivity (Wildman–Crippen MR) is 124 cm³/mol. The highest BCUT2D eigenvalue weighted by atomic mass is 32.1. The monoisotopic (exact) mass is 388 g/mol. The molecule has 0 aliphatic rings. The minimum absolute atomic E-state index is 0.432. The lowest BCUT2D eigenvalue weighted by Crippen LogP contribution is -2.34. The summed E-state index contributed by atoms with van der Waals surface area (Å²) in [6.45, 7) is 8.11. The summed E-state index contributed by atoms with van der Waals surface area (Å²) >= 11 is 5.88. The molecule has 3 rings (SSSR count).